The molecular weight excluding hydrogens is 180 g/mol. The molecule has 0 bridgehead atoms. The lowest BCUT2D eigenvalue weighted by molar-refractivity contribution is 0.602. The van der Waals surface area contributed by atoms with Gasteiger partial charge in [-0.2, -0.15) is 8.42 Å². The molecule has 0 radical (unpaired) electrons. The summed E-state index contributed by atoms with van der Waals surface area (Å²) in [4.78, 5) is 3.67. The van der Waals surface area contributed by atoms with E-state index in [0.717, 1.165) is 0 Å². The Balaban J connectivity index is 2.98. The van der Waals surface area contributed by atoms with Crippen LogP contribution in [0.5, 0.6) is 0 Å². The van der Waals surface area contributed by atoms with Crippen LogP contribution in [0, 0.1) is 0 Å². The van der Waals surface area contributed by atoms with E-state index in [0.29, 0.717) is 0 Å². The Morgan fingerprint density at radius 1 is 1.50 bits per heavy atom. The zero-order valence-corrected chi connectivity index (χ0v) is 6.88. The van der Waals surface area contributed by atoms with Gasteiger partial charge in [-0.05, 0) is 12.1 Å². The Morgan fingerprint density at radius 3 is 2.67 bits per heavy atom. The predicted molar refractivity (Wildman–Crippen MR) is 45.4 cm³/mol. The van der Waals surface area contributed by atoms with Gasteiger partial charge in [0.1, 0.15) is 0 Å². The van der Waals surface area contributed by atoms with Crippen LogP contribution in [-0.2, 0) is 10.2 Å². The van der Waals surface area contributed by atoms with Gasteiger partial charge in [0.15, 0.2) is 5.82 Å². The van der Waals surface area contributed by atoms with Crippen molar-refractivity contribution in [2.24, 2.45) is 5.14 Å². The number of nitrogens with two attached hydrogens (primary N) is 2. The summed E-state index contributed by atoms with van der Waals surface area (Å²) in [6, 6.07) is 3.10. The molecule has 6 nitrogen and oxygen atoms in total. The van der Waals surface area contributed by atoms with E-state index in [2.05, 4.69) is 4.98 Å². The van der Waals surface area contributed by atoms with E-state index in [-0.39, 0.29) is 11.5 Å². The molecule has 1 aromatic rings. The van der Waals surface area contributed by atoms with Gasteiger partial charge in [0, 0.05) is 6.20 Å². The Kier molecular flexibility index (Phi) is 2.15. The minimum atomic E-state index is -3.79. The second-order valence-corrected chi connectivity index (χ2v) is 3.38. The van der Waals surface area contributed by atoms with Crippen molar-refractivity contribution >= 4 is 21.7 Å². The Morgan fingerprint density at radius 2 is 2.17 bits per heavy atom. The maximum Gasteiger partial charge on any atom is 0.297 e. The number of nitrogens with one attached hydrogen (secondary N) is 1. The number of hydrogen-bond donors (Lipinski definition) is 3. The van der Waals surface area contributed by atoms with Crippen LogP contribution in [0.1, 0.15) is 0 Å². The molecule has 0 aliphatic rings. The van der Waals surface area contributed by atoms with Crippen LogP contribution in [0.4, 0.5) is 11.5 Å². The smallest absolute Gasteiger partial charge is 0.297 e. The first-order chi connectivity index (χ1) is 5.49. The highest BCUT2D eigenvalue weighted by Gasteiger charge is 2.05. The number of pyridine rings is 1. The highest BCUT2D eigenvalue weighted by Crippen LogP contribution is 2.12. The van der Waals surface area contributed by atoms with E-state index >= 15 is 0 Å². The molecule has 1 rings (SSSR count). The van der Waals surface area contributed by atoms with Crippen LogP contribution in [0.2, 0.25) is 0 Å². The molecule has 7 heteroatoms. The summed E-state index contributed by atoms with van der Waals surface area (Å²) in [5, 5.41) is 4.70. The van der Waals surface area contributed by atoms with E-state index in [1.807, 2.05) is 4.72 Å². The van der Waals surface area contributed by atoms with Gasteiger partial charge < -0.3 is 5.73 Å². The van der Waals surface area contributed by atoms with Crippen LogP contribution in [0.3, 0.4) is 0 Å². The van der Waals surface area contributed by atoms with Gasteiger partial charge in [0.05, 0.1) is 5.69 Å². The van der Waals surface area contributed by atoms with Crippen LogP contribution < -0.4 is 15.6 Å². The van der Waals surface area contributed by atoms with Crippen LogP contribution in [-0.4, -0.2) is 13.4 Å². The van der Waals surface area contributed by atoms with E-state index in [1.165, 1.54) is 12.3 Å². The fourth-order valence-corrected chi connectivity index (χ4v) is 1.08. The van der Waals surface area contributed by atoms with Crippen molar-refractivity contribution in [3.63, 3.8) is 0 Å². The van der Waals surface area contributed by atoms with Gasteiger partial charge in [-0.3, -0.25) is 4.72 Å². The lowest BCUT2D eigenvalue weighted by Gasteiger charge is -2.03. The third kappa shape index (κ3) is 2.36. The molecule has 0 fully saturated rings. The lowest BCUT2D eigenvalue weighted by atomic mass is 10.4. The maximum absolute atomic E-state index is 10.5. The summed E-state index contributed by atoms with van der Waals surface area (Å²) in [7, 11) is -3.79. The number of hydrogen-bond acceptors (Lipinski definition) is 4. The van der Waals surface area contributed by atoms with Crippen molar-refractivity contribution in [3.05, 3.63) is 18.3 Å². The normalized spacial score (nSPS) is 11.1. The van der Waals surface area contributed by atoms with Gasteiger partial charge in [-0.25, -0.2) is 10.1 Å². The van der Waals surface area contributed by atoms with Crippen molar-refractivity contribution in [1.29, 1.82) is 0 Å². The highest BCUT2D eigenvalue weighted by molar-refractivity contribution is 7.90. The molecule has 1 aromatic heterocycles. The van der Waals surface area contributed by atoms with Crippen molar-refractivity contribution in [2.45, 2.75) is 0 Å². The summed E-state index contributed by atoms with van der Waals surface area (Å²) < 4.78 is 23.0. The zero-order chi connectivity index (χ0) is 9.19. The summed E-state index contributed by atoms with van der Waals surface area (Å²) in [6.45, 7) is 0. The number of nitrogen functional groups attached to an aromatic ring is 1. The SMILES string of the molecule is Nc1cccnc1NS(N)(=O)=O. The fraction of sp³-hybridized carbons (Fsp3) is 0. The topological polar surface area (TPSA) is 111 Å². The minimum Gasteiger partial charge on any atom is -0.396 e. The lowest BCUT2D eigenvalue weighted by Crippen LogP contribution is -2.22. The third-order valence-electron chi connectivity index (χ3n) is 1.08. The molecular formula is C5H8N4O2S. The van der Waals surface area contributed by atoms with Crippen LogP contribution >= 0.6 is 0 Å². The molecule has 0 amide bonds. The average molecular weight is 188 g/mol. The number of anilines is 2. The van der Waals surface area contributed by atoms with E-state index < -0.39 is 10.2 Å². The molecule has 0 saturated carbocycles. The first-order valence-corrected chi connectivity index (χ1v) is 4.55. The maximum atomic E-state index is 10.5. The van der Waals surface area contributed by atoms with Gasteiger partial charge in [-0.15, -0.1) is 0 Å². The molecule has 0 unspecified atom stereocenters. The van der Waals surface area contributed by atoms with Crippen molar-refractivity contribution in [3.8, 4) is 0 Å². The van der Waals surface area contributed by atoms with E-state index in [4.69, 9.17) is 10.9 Å². The van der Waals surface area contributed by atoms with Gasteiger partial charge >= 0.3 is 0 Å². The molecule has 5 N–H and O–H groups in total. The Bertz CT molecular complexity index is 375. The monoisotopic (exact) mass is 188 g/mol. The number of aromatic nitrogens is 1. The molecule has 1 heterocycles. The average Bonchev–Trinajstić information content (AvgIpc) is 1.91. The third-order valence-corrected chi connectivity index (χ3v) is 1.56. The second-order valence-electron chi connectivity index (χ2n) is 2.09. The van der Waals surface area contributed by atoms with Gasteiger partial charge in [0.25, 0.3) is 10.2 Å². The van der Waals surface area contributed by atoms with Gasteiger partial charge in [0.2, 0.25) is 0 Å². The first kappa shape index (κ1) is 8.75. The first-order valence-electron chi connectivity index (χ1n) is 3.00. The van der Waals surface area contributed by atoms with Crippen LogP contribution in [0.25, 0.3) is 0 Å². The second kappa shape index (κ2) is 2.95. The highest BCUT2D eigenvalue weighted by atomic mass is 32.2. The zero-order valence-electron chi connectivity index (χ0n) is 6.06. The molecule has 12 heavy (non-hydrogen) atoms. The summed E-state index contributed by atoms with van der Waals surface area (Å²) in [6.07, 6.45) is 1.41. The number of rotatable bonds is 2. The van der Waals surface area contributed by atoms with E-state index in [1.54, 1.807) is 6.07 Å². The largest absolute Gasteiger partial charge is 0.396 e. The molecule has 0 aliphatic heterocycles. The van der Waals surface area contributed by atoms with Crippen molar-refractivity contribution in [2.75, 3.05) is 10.5 Å². The predicted octanol–water partition coefficient (Wildman–Crippen LogP) is -0.721. The molecule has 0 spiro atoms. The molecule has 66 valence electrons. The number of nitrogens with zero attached hydrogens (tertiary/aromatic N) is 1. The quantitative estimate of drug-likeness (QED) is 0.568. The molecule has 0 aromatic carbocycles. The van der Waals surface area contributed by atoms with Crippen molar-refractivity contribution < 1.29 is 8.42 Å². The summed E-state index contributed by atoms with van der Waals surface area (Å²) in [5.74, 6) is 0.0417. The van der Waals surface area contributed by atoms with E-state index in [9.17, 15) is 8.42 Å². The molecule has 0 atom stereocenters. The van der Waals surface area contributed by atoms with Crippen molar-refractivity contribution in [1.82, 2.24) is 4.98 Å². The fourth-order valence-electron chi connectivity index (χ4n) is 0.638. The molecule has 0 saturated heterocycles. The molecule has 0 aliphatic carbocycles. The van der Waals surface area contributed by atoms with Crippen LogP contribution in [0.15, 0.2) is 18.3 Å². The standard InChI is InChI=1S/C5H8N4O2S/c6-4-2-1-3-8-5(4)9-12(7,10)11/h1-3H,6H2,(H,8,9)(H2,7,10,11). The van der Waals surface area contributed by atoms with Gasteiger partial charge in [-0.1, -0.05) is 0 Å². The summed E-state index contributed by atoms with van der Waals surface area (Å²) in [5.41, 5.74) is 5.61. The summed E-state index contributed by atoms with van der Waals surface area (Å²) >= 11 is 0. The Labute approximate surface area is 69.8 Å². The minimum absolute atomic E-state index is 0.0417. The Hall–Kier alpha value is -1.34.